The molecule has 0 aliphatic heterocycles. The van der Waals surface area contributed by atoms with E-state index >= 15 is 0 Å². The average Bonchev–Trinajstić information content (AvgIpc) is 2.75. The lowest BCUT2D eigenvalue weighted by atomic mass is 10.1. The zero-order valence-corrected chi connectivity index (χ0v) is 12.6. The summed E-state index contributed by atoms with van der Waals surface area (Å²) >= 11 is 1.26. The molecule has 1 aromatic carbocycles. The van der Waals surface area contributed by atoms with Gasteiger partial charge >= 0.3 is 0 Å². The van der Waals surface area contributed by atoms with Crippen molar-refractivity contribution in [3.8, 4) is 0 Å². The number of amides is 1. The highest BCUT2D eigenvalue weighted by atomic mass is 32.1. The molecular weight excluding hydrogens is 272 g/mol. The van der Waals surface area contributed by atoms with Gasteiger partial charge in [-0.15, -0.1) is 0 Å². The number of nitrogens with one attached hydrogen (secondary N) is 2. The van der Waals surface area contributed by atoms with E-state index in [1.807, 2.05) is 39.0 Å². The first kappa shape index (κ1) is 14.3. The minimum absolute atomic E-state index is 0.229. The maximum absolute atomic E-state index is 12.2. The summed E-state index contributed by atoms with van der Waals surface area (Å²) in [7, 11) is 0. The fourth-order valence-electron chi connectivity index (χ4n) is 1.73. The van der Waals surface area contributed by atoms with E-state index in [1.165, 1.54) is 16.9 Å². The van der Waals surface area contributed by atoms with Crippen molar-refractivity contribution in [1.29, 1.82) is 0 Å². The van der Waals surface area contributed by atoms with Crippen LogP contribution in [0.5, 0.6) is 0 Å². The Balaban J connectivity index is 2.17. The smallest absolute Gasteiger partial charge is 0.269 e. The van der Waals surface area contributed by atoms with Gasteiger partial charge in [0, 0.05) is 12.2 Å². The summed E-state index contributed by atoms with van der Waals surface area (Å²) in [6, 6.07) is 5.80. The van der Waals surface area contributed by atoms with Gasteiger partial charge in [0.25, 0.3) is 5.91 Å². The van der Waals surface area contributed by atoms with Crippen molar-refractivity contribution < 1.29 is 4.79 Å². The van der Waals surface area contributed by atoms with Crippen LogP contribution in [0, 0.1) is 13.8 Å². The van der Waals surface area contributed by atoms with Crippen molar-refractivity contribution in [2.45, 2.75) is 20.8 Å². The predicted molar refractivity (Wildman–Crippen MR) is 84.6 cm³/mol. The highest BCUT2D eigenvalue weighted by molar-refractivity contribution is 7.18. The Morgan fingerprint density at radius 1 is 1.35 bits per heavy atom. The number of nitrogen functional groups attached to an aromatic ring is 1. The second-order valence-corrected chi connectivity index (χ2v) is 5.52. The van der Waals surface area contributed by atoms with Crippen molar-refractivity contribution in [2.24, 2.45) is 0 Å². The average molecular weight is 290 g/mol. The number of carbonyl (C=O) groups excluding carboxylic acids is 1. The molecule has 1 aromatic heterocycles. The van der Waals surface area contributed by atoms with Crippen LogP contribution in [0.4, 0.5) is 16.6 Å². The van der Waals surface area contributed by atoms with Crippen LogP contribution >= 0.6 is 11.3 Å². The quantitative estimate of drug-likeness (QED) is 0.808. The van der Waals surface area contributed by atoms with Crippen LogP contribution in [0.3, 0.4) is 0 Å². The van der Waals surface area contributed by atoms with Crippen molar-refractivity contribution in [3.63, 3.8) is 0 Å². The molecule has 0 aliphatic carbocycles. The molecule has 1 heterocycles. The molecular formula is C14H18N4OS. The molecule has 4 N–H and O–H groups in total. The molecule has 20 heavy (non-hydrogen) atoms. The van der Waals surface area contributed by atoms with Crippen molar-refractivity contribution in [1.82, 2.24) is 4.98 Å². The first-order valence-corrected chi connectivity index (χ1v) is 7.21. The number of carbonyl (C=O) groups is 1. The van der Waals surface area contributed by atoms with Crippen LogP contribution in [0.15, 0.2) is 18.2 Å². The van der Waals surface area contributed by atoms with Crippen LogP contribution in [0.2, 0.25) is 0 Å². The Labute approximate surface area is 122 Å². The van der Waals surface area contributed by atoms with E-state index in [4.69, 9.17) is 5.73 Å². The number of hydrogen-bond donors (Lipinski definition) is 3. The third-order valence-electron chi connectivity index (χ3n) is 2.95. The zero-order valence-electron chi connectivity index (χ0n) is 11.8. The predicted octanol–water partition coefficient (Wildman–Crippen LogP) is 3.03. The fraction of sp³-hybridized carbons (Fsp3) is 0.286. The third kappa shape index (κ3) is 3.08. The Bertz CT molecular complexity index is 636. The summed E-state index contributed by atoms with van der Waals surface area (Å²) in [5.41, 5.74) is 8.86. The Hall–Kier alpha value is -2.08. The molecule has 106 valence electrons. The van der Waals surface area contributed by atoms with Gasteiger partial charge in [-0.1, -0.05) is 17.4 Å². The van der Waals surface area contributed by atoms with Gasteiger partial charge in [-0.2, -0.15) is 0 Å². The first-order chi connectivity index (χ1) is 9.51. The van der Waals surface area contributed by atoms with Crippen LogP contribution in [0.1, 0.15) is 27.7 Å². The van der Waals surface area contributed by atoms with Crippen LogP contribution in [-0.4, -0.2) is 17.4 Å². The summed E-state index contributed by atoms with van der Waals surface area (Å²) in [4.78, 5) is 16.7. The fourth-order valence-corrected chi connectivity index (χ4v) is 2.58. The van der Waals surface area contributed by atoms with Crippen molar-refractivity contribution in [3.05, 3.63) is 34.2 Å². The molecule has 0 unspecified atom stereocenters. The van der Waals surface area contributed by atoms with Gasteiger partial charge in [0.15, 0.2) is 5.13 Å². The van der Waals surface area contributed by atoms with Gasteiger partial charge in [-0.05, 0) is 44.0 Å². The van der Waals surface area contributed by atoms with Crippen LogP contribution < -0.4 is 16.4 Å². The Morgan fingerprint density at radius 2 is 2.10 bits per heavy atom. The monoisotopic (exact) mass is 290 g/mol. The number of nitrogens with two attached hydrogens (primary N) is 1. The first-order valence-electron chi connectivity index (χ1n) is 6.40. The third-order valence-corrected chi connectivity index (χ3v) is 3.98. The van der Waals surface area contributed by atoms with Gasteiger partial charge in [-0.3, -0.25) is 4.79 Å². The maximum Gasteiger partial charge on any atom is 0.269 e. The second-order valence-electron chi connectivity index (χ2n) is 4.52. The lowest BCUT2D eigenvalue weighted by molar-refractivity contribution is 0.103. The number of nitrogens with zero attached hydrogens (tertiary/aromatic N) is 1. The van der Waals surface area contributed by atoms with Gasteiger partial charge in [-0.25, -0.2) is 4.98 Å². The molecule has 6 heteroatoms. The molecule has 0 saturated carbocycles. The summed E-state index contributed by atoms with van der Waals surface area (Å²) in [6.45, 7) is 6.75. The number of rotatable bonds is 4. The van der Waals surface area contributed by atoms with E-state index < -0.39 is 0 Å². The van der Waals surface area contributed by atoms with Gasteiger partial charge < -0.3 is 16.4 Å². The molecule has 5 nitrogen and oxygen atoms in total. The lowest BCUT2D eigenvalue weighted by Crippen LogP contribution is -2.12. The summed E-state index contributed by atoms with van der Waals surface area (Å²) < 4.78 is 0. The zero-order chi connectivity index (χ0) is 14.7. The van der Waals surface area contributed by atoms with Crippen molar-refractivity contribution in [2.75, 3.05) is 22.9 Å². The van der Waals surface area contributed by atoms with Crippen molar-refractivity contribution >= 4 is 33.9 Å². The van der Waals surface area contributed by atoms with E-state index in [0.29, 0.717) is 10.0 Å². The topological polar surface area (TPSA) is 80.0 Å². The molecule has 0 saturated heterocycles. The Kier molecular flexibility index (Phi) is 4.24. The highest BCUT2D eigenvalue weighted by Crippen LogP contribution is 2.26. The lowest BCUT2D eigenvalue weighted by Gasteiger charge is -2.06. The van der Waals surface area contributed by atoms with Crippen LogP contribution in [-0.2, 0) is 0 Å². The number of aryl methyl sites for hydroxylation is 2. The normalized spacial score (nSPS) is 10.3. The number of anilines is 3. The van der Waals surface area contributed by atoms with E-state index in [2.05, 4.69) is 15.6 Å². The number of hydrogen-bond acceptors (Lipinski definition) is 5. The molecule has 0 atom stereocenters. The molecule has 2 aromatic rings. The largest absolute Gasteiger partial charge is 0.382 e. The molecule has 1 amide bonds. The molecule has 0 radical (unpaired) electrons. The van der Waals surface area contributed by atoms with Gasteiger partial charge in [0.05, 0.1) is 0 Å². The maximum atomic E-state index is 12.2. The molecule has 0 aliphatic rings. The standard InChI is InChI=1S/C14H18N4OS/c1-4-16-14-18-12(15)11(20-14)13(19)17-10-6-5-8(2)9(3)7-10/h5-7H,4,15H2,1-3H3,(H,16,18)(H,17,19). The van der Waals surface area contributed by atoms with Gasteiger partial charge in [0.1, 0.15) is 10.7 Å². The summed E-state index contributed by atoms with van der Waals surface area (Å²) in [6.07, 6.45) is 0. The summed E-state index contributed by atoms with van der Waals surface area (Å²) in [5, 5.41) is 6.56. The number of benzene rings is 1. The SMILES string of the molecule is CCNc1nc(N)c(C(=O)Nc2ccc(C)c(C)c2)s1. The van der Waals surface area contributed by atoms with E-state index in [1.54, 1.807) is 0 Å². The number of aromatic nitrogens is 1. The van der Waals surface area contributed by atoms with E-state index in [0.717, 1.165) is 17.8 Å². The number of thiazole rings is 1. The molecule has 0 spiro atoms. The van der Waals surface area contributed by atoms with E-state index in [-0.39, 0.29) is 11.7 Å². The molecule has 0 bridgehead atoms. The molecule has 0 fully saturated rings. The Morgan fingerprint density at radius 3 is 2.75 bits per heavy atom. The molecule has 2 rings (SSSR count). The van der Waals surface area contributed by atoms with Crippen LogP contribution in [0.25, 0.3) is 0 Å². The minimum Gasteiger partial charge on any atom is -0.382 e. The van der Waals surface area contributed by atoms with E-state index in [9.17, 15) is 4.79 Å². The second kappa shape index (κ2) is 5.92. The minimum atomic E-state index is -0.229. The highest BCUT2D eigenvalue weighted by Gasteiger charge is 2.16. The van der Waals surface area contributed by atoms with Gasteiger partial charge in [0.2, 0.25) is 0 Å². The summed E-state index contributed by atoms with van der Waals surface area (Å²) in [5.74, 6) is 0.0275.